The minimum atomic E-state index is -3.27. The molecule has 0 aliphatic carbocycles. The fourth-order valence-electron chi connectivity index (χ4n) is 2.83. The Bertz CT molecular complexity index is 679. The highest BCUT2D eigenvalue weighted by molar-refractivity contribution is 7.92. The van der Waals surface area contributed by atoms with Crippen molar-refractivity contribution in [3.8, 4) is 0 Å². The van der Waals surface area contributed by atoms with Crippen LogP contribution >= 0.6 is 12.4 Å². The average molecular weight is 376 g/mol. The number of sulfonamides is 1. The largest absolute Gasteiger partial charge is 0.348 e. The highest BCUT2D eigenvalue weighted by Crippen LogP contribution is 2.30. The Morgan fingerprint density at radius 1 is 1.42 bits per heavy atom. The van der Waals surface area contributed by atoms with Gasteiger partial charge in [-0.3, -0.25) is 9.10 Å². The maximum atomic E-state index is 12.4. The SMILES string of the molecule is CCCCC(CN)NC(=O)c1ccc2c(c1)CCN2S(C)(=O)=O.Cl. The predicted octanol–water partition coefficient (Wildman–Crippen LogP) is 1.68. The van der Waals surface area contributed by atoms with Gasteiger partial charge in [0.1, 0.15) is 0 Å². The lowest BCUT2D eigenvalue weighted by atomic mass is 10.1. The fourth-order valence-corrected chi connectivity index (χ4v) is 3.78. The number of halogens is 1. The molecule has 1 aromatic carbocycles. The first-order valence-electron chi connectivity index (χ1n) is 7.98. The topological polar surface area (TPSA) is 92.5 Å². The molecule has 1 aliphatic rings. The van der Waals surface area contributed by atoms with Gasteiger partial charge in [0.2, 0.25) is 10.0 Å². The van der Waals surface area contributed by atoms with Gasteiger partial charge in [-0.2, -0.15) is 0 Å². The highest BCUT2D eigenvalue weighted by atomic mass is 35.5. The molecule has 0 bridgehead atoms. The summed E-state index contributed by atoms with van der Waals surface area (Å²) >= 11 is 0. The van der Waals surface area contributed by atoms with E-state index in [-0.39, 0.29) is 24.4 Å². The van der Waals surface area contributed by atoms with Crippen LogP contribution in [-0.2, 0) is 16.4 Å². The molecule has 6 nitrogen and oxygen atoms in total. The molecule has 24 heavy (non-hydrogen) atoms. The summed E-state index contributed by atoms with van der Waals surface area (Å²) in [4.78, 5) is 12.4. The van der Waals surface area contributed by atoms with E-state index in [0.717, 1.165) is 24.8 Å². The van der Waals surface area contributed by atoms with Crippen LogP contribution in [-0.4, -0.2) is 39.7 Å². The number of unbranched alkanes of at least 4 members (excludes halogenated alkanes) is 1. The van der Waals surface area contributed by atoms with Crippen molar-refractivity contribution in [3.05, 3.63) is 29.3 Å². The van der Waals surface area contributed by atoms with E-state index in [0.29, 0.717) is 30.8 Å². The van der Waals surface area contributed by atoms with E-state index < -0.39 is 10.0 Å². The molecule has 0 spiro atoms. The molecule has 1 amide bonds. The van der Waals surface area contributed by atoms with Crippen molar-refractivity contribution in [2.45, 2.75) is 38.6 Å². The molecule has 1 heterocycles. The molecular weight excluding hydrogens is 350 g/mol. The maximum absolute atomic E-state index is 12.4. The van der Waals surface area contributed by atoms with Gasteiger partial charge < -0.3 is 11.1 Å². The quantitative estimate of drug-likeness (QED) is 0.758. The van der Waals surface area contributed by atoms with Gasteiger partial charge in [0.05, 0.1) is 11.9 Å². The number of carbonyl (C=O) groups excluding carboxylic acids is 1. The summed E-state index contributed by atoms with van der Waals surface area (Å²) in [6, 6.07) is 5.14. The molecule has 2 rings (SSSR count). The fraction of sp³-hybridized carbons (Fsp3) is 0.562. The molecular formula is C16H26ClN3O3S. The smallest absolute Gasteiger partial charge is 0.251 e. The van der Waals surface area contributed by atoms with E-state index in [9.17, 15) is 13.2 Å². The normalized spacial score (nSPS) is 14.7. The Morgan fingerprint density at radius 2 is 2.12 bits per heavy atom. The number of hydrogen-bond acceptors (Lipinski definition) is 4. The second kappa shape index (κ2) is 8.69. The summed E-state index contributed by atoms with van der Waals surface area (Å²) in [5, 5.41) is 2.95. The third-order valence-corrected chi connectivity index (χ3v) is 5.30. The minimum Gasteiger partial charge on any atom is -0.348 e. The summed E-state index contributed by atoms with van der Waals surface area (Å²) < 4.78 is 24.8. The van der Waals surface area contributed by atoms with Crippen molar-refractivity contribution in [3.63, 3.8) is 0 Å². The van der Waals surface area contributed by atoms with Gasteiger partial charge in [-0.05, 0) is 36.6 Å². The summed E-state index contributed by atoms with van der Waals surface area (Å²) in [5.41, 5.74) is 7.82. The van der Waals surface area contributed by atoms with Crippen LogP contribution in [0.5, 0.6) is 0 Å². The van der Waals surface area contributed by atoms with Crippen LogP contribution in [0.2, 0.25) is 0 Å². The van der Waals surface area contributed by atoms with Crippen molar-refractivity contribution >= 4 is 34.0 Å². The first kappa shape index (κ1) is 20.7. The van der Waals surface area contributed by atoms with Crippen LogP contribution in [0.15, 0.2) is 18.2 Å². The van der Waals surface area contributed by atoms with Crippen LogP contribution in [0, 0.1) is 0 Å². The second-order valence-corrected chi connectivity index (χ2v) is 7.88. The monoisotopic (exact) mass is 375 g/mol. The number of rotatable bonds is 7. The number of anilines is 1. The van der Waals surface area contributed by atoms with Gasteiger partial charge in [-0.15, -0.1) is 12.4 Å². The standard InChI is InChI=1S/C16H25N3O3S.ClH/c1-3-4-5-14(11-17)18-16(20)13-6-7-15-12(10-13)8-9-19(15)23(2,21)22;/h6-7,10,14H,3-5,8-9,11,17H2,1-2H3,(H,18,20);1H. The average Bonchev–Trinajstić information content (AvgIpc) is 2.94. The third kappa shape index (κ3) is 4.84. The van der Waals surface area contributed by atoms with Crippen molar-refractivity contribution < 1.29 is 13.2 Å². The van der Waals surface area contributed by atoms with Crippen molar-refractivity contribution in [1.82, 2.24) is 5.32 Å². The number of carbonyl (C=O) groups is 1. The number of amides is 1. The molecule has 0 fully saturated rings. The molecule has 1 aliphatic heterocycles. The number of nitrogens with zero attached hydrogens (tertiary/aromatic N) is 1. The van der Waals surface area contributed by atoms with E-state index >= 15 is 0 Å². The number of benzene rings is 1. The van der Waals surface area contributed by atoms with Gasteiger partial charge in [0, 0.05) is 24.7 Å². The van der Waals surface area contributed by atoms with Crippen LogP contribution in [0.4, 0.5) is 5.69 Å². The highest BCUT2D eigenvalue weighted by Gasteiger charge is 2.26. The number of nitrogens with one attached hydrogen (secondary N) is 1. The van der Waals surface area contributed by atoms with E-state index in [1.807, 2.05) is 0 Å². The molecule has 8 heteroatoms. The summed E-state index contributed by atoms with van der Waals surface area (Å²) in [5.74, 6) is -0.155. The first-order valence-corrected chi connectivity index (χ1v) is 9.83. The molecule has 0 aromatic heterocycles. The zero-order valence-electron chi connectivity index (χ0n) is 14.1. The van der Waals surface area contributed by atoms with E-state index in [4.69, 9.17) is 5.73 Å². The maximum Gasteiger partial charge on any atom is 0.251 e. The van der Waals surface area contributed by atoms with Crippen LogP contribution in [0.1, 0.15) is 42.1 Å². The van der Waals surface area contributed by atoms with E-state index in [1.165, 1.54) is 10.6 Å². The Hall–Kier alpha value is -1.31. The van der Waals surface area contributed by atoms with Gasteiger partial charge >= 0.3 is 0 Å². The second-order valence-electron chi connectivity index (χ2n) is 5.98. The van der Waals surface area contributed by atoms with Crippen molar-refractivity contribution in [2.24, 2.45) is 5.73 Å². The third-order valence-electron chi connectivity index (χ3n) is 4.12. The van der Waals surface area contributed by atoms with Crippen molar-refractivity contribution in [1.29, 1.82) is 0 Å². The number of nitrogens with two attached hydrogens (primary N) is 1. The molecule has 1 atom stereocenters. The van der Waals surface area contributed by atoms with E-state index in [1.54, 1.807) is 18.2 Å². The predicted molar refractivity (Wildman–Crippen MR) is 99.4 cm³/mol. The van der Waals surface area contributed by atoms with Gasteiger partial charge in [-0.25, -0.2) is 8.42 Å². The van der Waals surface area contributed by atoms with Crippen LogP contribution in [0.25, 0.3) is 0 Å². The first-order chi connectivity index (χ1) is 10.9. The number of fused-ring (bicyclic) bond motifs is 1. The van der Waals surface area contributed by atoms with Crippen LogP contribution < -0.4 is 15.4 Å². The lowest BCUT2D eigenvalue weighted by molar-refractivity contribution is 0.0935. The van der Waals surface area contributed by atoms with Crippen LogP contribution in [0.3, 0.4) is 0 Å². The molecule has 3 N–H and O–H groups in total. The lowest BCUT2D eigenvalue weighted by Gasteiger charge is -2.18. The zero-order chi connectivity index (χ0) is 17.0. The van der Waals surface area contributed by atoms with Gasteiger partial charge in [-0.1, -0.05) is 19.8 Å². The van der Waals surface area contributed by atoms with Gasteiger partial charge in [0.25, 0.3) is 5.91 Å². The lowest BCUT2D eigenvalue weighted by Crippen LogP contribution is -2.40. The Labute approximate surface area is 150 Å². The van der Waals surface area contributed by atoms with Gasteiger partial charge in [0.15, 0.2) is 0 Å². The Balaban J connectivity index is 0.00000288. The summed E-state index contributed by atoms with van der Waals surface area (Å²) in [7, 11) is -3.27. The molecule has 0 saturated carbocycles. The Kier molecular flexibility index (Phi) is 7.51. The zero-order valence-corrected chi connectivity index (χ0v) is 15.8. The summed E-state index contributed by atoms with van der Waals surface area (Å²) in [6.45, 7) is 2.95. The molecule has 1 aromatic rings. The number of hydrogen-bond donors (Lipinski definition) is 2. The summed E-state index contributed by atoms with van der Waals surface area (Å²) in [6.07, 6.45) is 4.77. The van der Waals surface area contributed by atoms with Crippen molar-refractivity contribution in [2.75, 3.05) is 23.7 Å². The Morgan fingerprint density at radius 3 is 2.71 bits per heavy atom. The molecule has 0 saturated heterocycles. The molecule has 0 radical (unpaired) electrons. The minimum absolute atomic E-state index is 0. The molecule has 136 valence electrons. The molecule has 1 unspecified atom stereocenters. The van der Waals surface area contributed by atoms with E-state index in [2.05, 4.69) is 12.2 Å².